The van der Waals surface area contributed by atoms with Gasteiger partial charge in [-0.2, -0.15) is 0 Å². The Kier molecular flexibility index (Phi) is 4.14. The van der Waals surface area contributed by atoms with E-state index in [4.69, 9.17) is 5.11 Å². The topological polar surface area (TPSA) is 79.3 Å². The molecule has 0 saturated heterocycles. The number of rotatable bonds is 3. The standard InChI is InChI=1S/C14H11BrN2O3/c1-8-2-3-9(15)6-11(8)13(18)17-10-4-5-12(14(19)20)16-7-10/h2-7H,1H3,(H,17,18)(H,19,20). The van der Waals surface area contributed by atoms with Crippen molar-refractivity contribution in [3.8, 4) is 0 Å². The lowest BCUT2D eigenvalue weighted by atomic mass is 10.1. The predicted molar refractivity (Wildman–Crippen MR) is 78.0 cm³/mol. The maximum atomic E-state index is 12.1. The van der Waals surface area contributed by atoms with Crippen LogP contribution in [0.4, 0.5) is 5.69 Å². The minimum absolute atomic E-state index is 0.0679. The van der Waals surface area contributed by atoms with Crippen LogP contribution < -0.4 is 5.32 Å². The molecule has 2 N–H and O–H groups in total. The van der Waals surface area contributed by atoms with Crippen molar-refractivity contribution in [3.05, 3.63) is 57.8 Å². The summed E-state index contributed by atoms with van der Waals surface area (Å²) in [5.74, 6) is -1.38. The number of nitrogens with one attached hydrogen (secondary N) is 1. The van der Waals surface area contributed by atoms with Gasteiger partial charge in [-0.3, -0.25) is 4.79 Å². The molecule has 1 aromatic carbocycles. The van der Waals surface area contributed by atoms with Crippen molar-refractivity contribution in [2.45, 2.75) is 6.92 Å². The lowest BCUT2D eigenvalue weighted by Gasteiger charge is -2.08. The number of carboxylic acid groups (broad SMARTS) is 1. The van der Waals surface area contributed by atoms with Gasteiger partial charge >= 0.3 is 5.97 Å². The van der Waals surface area contributed by atoms with Crippen LogP contribution >= 0.6 is 15.9 Å². The Morgan fingerprint density at radius 1 is 1.25 bits per heavy atom. The molecule has 102 valence electrons. The number of carboxylic acids is 1. The summed E-state index contributed by atoms with van der Waals surface area (Å²) in [5.41, 5.74) is 1.77. The number of carbonyl (C=O) groups excluding carboxylic acids is 1. The van der Waals surface area contributed by atoms with E-state index in [9.17, 15) is 9.59 Å². The Morgan fingerprint density at radius 3 is 2.60 bits per heavy atom. The number of halogens is 1. The van der Waals surface area contributed by atoms with E-state index in [2.05, 4.69) is 26.2 Å². The highest BCUT2D eigenvalue weighted by atomic mass is 79.9. The van der Waals surface area contributed by atoms with Crippen molar-refractivity contribution in [1.82, 2.24) is 4.98 Å². The monoisotopic (exact) mass is 334 g/mol. The van der Waals surface area contributed by atoms with Gasteiger partial charge in [0.15, 0.2) is 0 Å². The Labute approximate surface area is 123 Å². The van der Waals surface area contributed by atoms with E-state index in [1.165, 1.54) is 18.3 Å². The molecule has 6 heteroatoms. The summed E-state index contributed by atoms with van der Waals surface area (Å²) in [5, 5.41) is 11.4. The normalized spacial score (nSPS) is 10.1. The number of pyridine rings is 1. The molecule has 0 atom stereocenters. The summed E-state index contributed by atoms with van der Waals surface area (Å²) >= 11 is 3.32. The molecule has 0 bridgehead atoms. The SMILES string of the molecule is Cc1ccc(Br)cc1C(=O)Nc1ccc(C(=O)O)nc1. The number of aromatic carboxylic acids is 1. The van der Waals surface area contributed by atoms with Crippen molar-refractivity contribution < 1.29 is 14.7 Å². The first kappa shape index (κ1) is 14.2. The van der Waals surface area contributed by atoms with Gasteiger partial charge in [-0.25, -0.2) is 9.78 Å². The molecule has 5 nitrogen and oxygen atoms in total. The zero-order chi connectivity index (χ0) is 14.7. The van der Waals surface area contributed by atoms with Gasteiger partial charge in [-0.05, 0) is 36.8 Å². The van der Waals surface area contributed by atoms with Crippen molar-refractivity contribution in [2.75, 3.05) is 5.32 Å². The summed E-state index contributed by atoms with van der Waals surface area (Å²) in [6.07, 6.45) is 1.31. The van der Waals surface area contributed by atoms with E-state index in [1.807, 2.05) is 19.1 Å². The van der Waals surface area contributed by atoms with Crippen LogP contribution in [0.2, 0.25) is 0 Å². The second kappa shape index (κ2) is 5.83. The summed E-state index contributed by atoms with van der Waals surface area (Å²) in [7, 11) is 0. The van der Waals surface area contributed by atoms with Gasteiger partial charge in [0.25, 0.3) is 5.91 Å². The Morgan fingerprint density at radius 2 is 2.00 bits per heavy atom. The largest absolute Gasteiger partial charge is 0.477 e. The second-order valence-corrected chi connectivity index (χ2v) is 5.07. The molecule has 2 rings (SSSR count). The number of aromatic nitrogens is 1. The van der Waals surface area contributed by atoms with Gasteiger partial charge < -0.3 is 10.4 Å². The summed E-state index contributed by atoms with van der Waals surface area (Å²) in [6.45, 7) is 1.84. The van der Waals surface area contributed by atoms with Gasteiger partial charge in [0, 0.05) is 10.0 Å². The van der Waals surface area contributed by atoms with Crippen LogP contribution in [0.5, 0.6) is 0 Å². The van der Waals surface area contributed by atoms with Crippen LogP contribution in [0.3, 0.4) is 0 Å². The summed E-state index contributed by atoms with van der Waals surface area (Å²) in [4.78, 5) is 26.6. The number of amides is 1. The van der Waals surface area contributed by atoms with Gasteiger partial charge in [0.1, 0.15) is 5.69 Å². The molecule has 0 unspecified atom stereocenters. The first-order valence-electron chi connectivity index (χ1n) is 5.74. The zero-order valence-electron chi connectivity index (χ0n) is 10.6. The maximum Gasteiger partial charge on any atom is 0.354 e. The van der Waals surface area contributed by atoms with Gasteiger partial charge in [0.05, 0.1) is 11.9 Å². The predicted octanol–water partition coefficient (Wildman–Crippen LogP) is 3.10. The fourth-order valence-electron chi connectivity index (χ4n) is 1.63. The van der Waals surface area contributed by atoms with Crippen LogP contribution in [0.15, 0.2) is 41.0 Å². The van der Waals surface area contributed by atoms with Crippen molar-refractivity contribution >= 4 is 33.5 Å². The van der Waals surface area contributed by atoms with E-state index in [0.717, 1.165) is 10.0 Å². The molecule has 0 fully saturated rings. The van der Waals surface area contributed by atoms with Crippen LogP contribution in [-0.2, 0) is 0 Å². The molecule has 0 saturated carbocycles. The molecule has 20 heavy (non-hydrogen) atoms. The highest BCUT2D eigenvalue weighted by molar-refractivity contribution is 9.10. The Hall–Kier alpha value is -2.21. The fourth-order valence-corrected chi connectivity index (χ4v) is 1.99. The number of aryl methyl sites for hydroxylation is 1. The van der Waals surface area contributed by atoms with Gasteiger partial charge in [0.2, 0.25) is 0 Å². The highest BCUT2D eigenvalue weighted by Gasteiger charge is 2.11. The third-order valence-corrected chi connectivity index (χ3v) is 3.18. The molecule has 0 spiro atoms. The van der Waals surface area contributed by atoms with Crippen LogP contribution in [-0.4, -0.2) is 22.0 Å². The van der Waals surface area contributed by atoms with Gasteiger partial charge in [-0.15, -0.1) is 0 Å². The Bertz CT molecular complexity index is 669. The first-order valence-corrected chi connectivity index (χ1v) is 6.53. The molecular formula is C14H11BrN2O3. The first-order chi connectivity index (χ1) is 9.47. The highest BCUT2D eigenvalue weighted by Crippen LogP contribution is 2.17. The number of hydrogen-bond donors (Lipinski definition) is 2. The average molecular weight is 335 g/mol. The molecular weight excluding hydrogens is 324 g/mol. The molecule has 2 aromatic rings. The molecule has 0 radical (unpaired) electrons. The molecule has 1 amide bonds. The maximum absolute atomic E-state index is 12.1. The lowest BCUT2D eigenvalue weighted by Crippen LogP contribution is -2.14. The van der Waals surface area contributed by atoms with E-state index >= 15 is 0 Å². The van der Waals surface area contributed by atoms with E-state index in [0.29, 0.717) is 11.3 Å². The third kappa shape index (κ3) is 3.21. The van der Waals surface area contributed by atoms with E-state index < -0.39 is 5.97 Å². The fraction of sp³-hybridized carbons (Fsp3) is 0.0714. The number of carbonyl (C=O) groups is 2. The van der Waals surface area contributed by atoms with Crippen LogP contribution in [0.25, 0.3) is 0 Å². The minimum atomic E-state index is -1.11. The quantitative estimate of drug-likeness (QED) is 0.903. The zero-order valence-corrected chi connectivity index (χ0v) is 12.1. The Balaban J connectivity index is 2.19. The van der Waals surface area contributed by atoms with E-state index in [1.54, 1.807) is 6.07 Å². The van der Waals surface area contributed by atoms with Crippen molar-refractivity contribution in [2.24, 2.45) is 0 Å². The molecule has 1 heterocycles. The van der Waals surface area contributed by atoms with Crippen LogP contribution in [0, 0.1) is 6.92 Å². The minimum Gasteiger partial charge on any atom is -0.477 e. The lowest BCUT2D eigenvalue weighted by molar-refractivity contribution is 0.0690. The van der Waals surface area contributed by atoms with Crippen molar-refractivity contribution in [1.29, 1.82) is 0 Å². The smallest absolute Gasteiger partial charge is 0.354 e. The molecule has 1 aromatic heterocycles. The van der Waals surface area contributed by atoms with E-state index in [-0.39, 0.29) is 11.6 Å². The molecule has 0 aliphatic carbocycles. The summed E-state index contributed by atoms with van der Waals surface area (Å²) < 4.78 is 0.813. The average Bonchev–Trinajstić information content (AvgIpc) is 2.42. The molecule has 0 aliphatic heterocycles. The number of anilines is 1. The second-order valence-electron chi connectivity index (χ2n) is 4.15. The summed E-state index contributed by atoms with van der Waals surface area (Å²) in [6, 6.07) is 8.26. The molecule has 0 aliphatic rings. The number of hydrogen-bond acceptors (Lipinski definition) is 3. The number of benzene rings is 1. The van der Waals surface area contributed by atoms with Crippen LogP contribution in [0.1, 0.15) is 26.4 Å². The van der Waals surface area contributed by atoms with Gasteiger partial charge in [-0.1, -0.05) is 22.0 Å². The van der Waals surface area contributed by atoms with Crippen molar-refractivity contribution in [3.63, 3.8) is 0 Å². The third-order valence-electron chi connectivity index (χ3n) is 2.68. The number of nitrogens with zero attached hydrogens (tertiary/aromatic N) is 1.